The van der Waals surface area contributed by atoms with Gasteiger partial charge in [0.05, 0.1) is 5.02 Å². The quantitative estimate of drug-likeness (QED) is 0.726. The molecule has 0 radical (unpaired) electrons. The fourth-order valence-corrected chi connectivity index (χ4v) is 2.17. The Morgan fingerprint density at radius 2 is 1.72 bits per heavy atom. The van der Waals surface area contributed by atoms with Crippen LogP contribution in [-0.4, -0.2) is 24.8 Å². The molecule has 0 heterocycles. The lowest BCUT2D eigenvalue weighted by Crippen LogP contribution is -2.43. The van der Waals surface area contributed by atoms with Crippen molar-refractivity contribution < 1.29 is 18.8 Å². The third kappa shape index (κ3) is 4.77. The van der Waals surface area contributed by atoms with Crippen LogP contribution in [0.1, 0.15) is 11.6 Å². The Hall–Kier alpha value is -2.93. The molecule has 0 aliphatic rings. The Morgan fingerprint density at radius 1 is 1.04 bits per heavy atom. The van der Waals surface area contributed by atoms with Gasteiger partial charge in [-0.05, 0) is 23.8 Å². The van der Waals surface area contributed by atoms with Gasteiger partial charge in [-0.1, -0.05) is 41.9 Å². The van der Waals surface area contributed by atoms with Crippen LogP contribution in [0.2, 0.25) is 5.02 Å². The average molecular weight is 364 g/mol. The summed E-state index contributed by atoms with van der Waals surface area (Å²) in [6.07, 6.45) is 0. The van der Waals surface area contributed by atoms with Gasteiger partial charge in [0.1, 0.15) is 11.9 Å². The van der Waals surface area contributed by atoms with Crippen LogP contribution in [0.15, 0.2) is 48.5 Å². The lowest BCUT2D eigenvalue weighted by atomic mass is 10.1. The number of nitrogens with one attached hydrogen (secondary N) is 3. The Bertz CT molecular complexity index is 799. The van der Waals surface area contributed by atoms with Gasteiger partial charge in [-0.2, -0.15) is 0 Å². The van der Waals surface area contributed by atoms with Crippen molar-refractivity contribution >= 4 is 35.0 Å². The average Bonchev–Trinajstić information content (AvgIpc) is 2.62. The molecule has 3 amide bonds. The van der Waals surface area contributed by atoms with Crippen molar-refractivity contribution in [1.29, 1.82) is 0 Å². The number of carbonyl (C=O) groups excluding carboxylic acids is 3. The molecule has 0 spiro atoms. The van der Waals surface area contributed by atoms with Gasteiger partial charge >= 0.3 is 11.8 Å². The zero-order valence-corrected chi connectivity index (χ0v) is 13.9. The number of likely N-dealkylation sites (N-methyl/N-ethyl adjacent to an activating group) is 1. The van der Waals surface area contributed by atoms with Crippen molar-refractivity contribution in [2.45, 2.75) is 6.04 Å². The highest BCUT2D eigenvalue weighted by Gasteiger charge is 2.25. The van der Waals surface area contributed by atoms with E-state index in [0.29, 0.717) is 5.56 Å². The summed E-state index contributed by atoms with van der Waals surface area (Å²) in [7, 11) is 1.42. The summed E-state index contributed by atoms with van der Waals surface area (Å²) in [6.45, 7) is 0. The summed E-state index contributed by atoms with van der Waals surface area (Å²) in [5.74, 6) is -3.28. The molecule has 25 heavy (non-hydrogen) atoms. The molecule has 130 valence electrons. The number of anilines is 1. The number of benzene rings is 2. The van der Waals surface area contributed by atoms with E-state index in [4.69, 9.17) is 11.6 Å². The molecule has 2 aromatic rings. The van der Waals surface area contributed by atoms with Crippen molar-refractivity contribution in [1.82, 2.24) is 10.6 Å². The maximum absolute atomic E-state index is 13.4. The number of halogens is 2. The van der Waals surface area contributed by atoms with Crippen LogP contribution >= 0.6 is 11.6 Å². The van der Waals surface area contributed by atoms with Crippen LogP contribution in [0, 0.1) is 5.82 Å². The molecule has 8 heteroatoms. The fourth-order valence-electron chi connectivity index (χ4n) is 2.05. The molecular weight excluding hydrogens is 349 g/mol. The van der Waals surface area contributed by atoms with E-state index in [1.54, 1.807) is 30.3 Å². The third-order valence-corrected chi connectivity index (χ3v) is 3.61. The molecule has 0 saturated carbocycles. The summed E-state index contributed by atoms with van der Waals surface area (Å²) in [5.41, 5.74) is 0.582. The fraction of sp³-hybridized carbons (Fsp3) is 0.118. The van der Waals surface area contributed by atoms with Crippen molar-refractivity contribution in [3.05, 3.63) is 64.9 Å². The predicted octanol–water partition coefficient (Wildman–Crippen LogP) is 2.02. The smallest absolute Gasteiger partial charge is 0.313 e. The molecule has 3 N–H and O–H groups in total. The second kappa shape index (κ2) is 8.25. The van der Waals surface area contributed by atoms with Gasteiger partial charge in [0.15, 0.2) is 0 Å². The maximum Gasteiger partial charge on any atom is 0.313 e. The summed E-state index contributed by atoms with van der Waals surface area (Å²) < 4.78 is 13.4. The minimum atomic E-state index is -1.04. The second-order valence-corrected chi connectivity index (χ2v) is 5.42. The van der Waals surface area contributed by atoms with Gasteiger partial charge in [0, 0.05) is 12.7 Å². The van der Waals surface area contributed by atoms with Crippen molar-refractivity contribution in [2.75, 3.05) is 12.4 Å². The molecule has 0 aliphatic heterocycles. The zero-order chi connectivity index (χ0) is 18.4. The van der Waals surface area contributed by atoms with E-state index >= 15 is 0 Å². The van der Waals surface area contributed by atoms with E-state index in [0.717, 1.165) is 6.07 Å². The van der Waals surface area contributed by atoms with Gasteiger partial charge in [0.2, 0.25) is 5.91 Å². The third-order valence-electron chi connectivity index (χ3n) is 3.30. The van der Waals surface area contributed by atoms with Gasteiger partial charge in [-0.15, -0.1) is 0 Å². The lowest BCUT2D eigenvalue weighted by Gasteiger charge is -2.17. The van der Waals surface area contributed by atoms with Crippen LogP contribution in [0.3, 0.4) is 0 Å². The van der Waals surface area contributed by atoms with Crippen LogP contribution < -0.4 is 16.0 Å². The first-order chi connectivity index (χ1) is 11.9. The van der Waals surface area contributed by atoms with Gasteiger partial charge in [-0.25, -0.2) is 4.39 Å². The maximum atomic E-state index is 13.4. The molecule has 0 aliphatic carbocycles. The second-order valence-electron chi connectivity index (χ2n) is 5.01. The van der Waals surface area contributed by atoms with Crippen LogP contribution in [-0.2, 0) is 14.4 Å². The van der Waals surface area contributed by atoms with Crippen molar-refractivity contribution in [2.24, 2.45) is 0 Å². The number of amides is 3. The van der Waals surface area contributed by atoms with E-state index in [-0.39, 0.29) is 10.7 Å². The SMILES string of the molecule is CNC(=O)C(NC(=O)C(=O)Nc1ccc(Cl)c(F)c1)c1ccccc1. The molecule has 1 unspecified atom stereocenters. The Labute approximate surface area is 148 Å². The summed E-state index contributed by atoms with van der Waals surface area (Å²) in [6, 6.07) is 11.0. The highest BCUT2D eigenvalue weighted by atomic mass is 35.5. The Kier molecular flexibility index (Phi) is 6.08. The molecule has 6 nitrogen and oxygen atoms in total. The highest BCUT2D eigenvalue weighted by molar-refractivity contribution is 6.40. The molecule has 2 aromatic carbocycles. The minimum absolute atomic E-state index is 0.0678. The summed E-state index contributed by atoms with van der Waals surface area (Å²) >= 11 is 5.56. The summed E-state index contributed by atoms with van der Waals surface area (Å²) in [4.78, 5) is 36.0. The molecule has 0 aromatic heterocycles. The monoisotopic (exact) mass is 363 g/mol. The van der Waals surface area contributed by atoms with E-state index in [1.807, 2.05) is 0 Å². The van der Waals surface area contributed by atoms with Crippen LogP contribution in [0.25, 0.3) is 0 Å². The van der Waals surface area contributed by atoms with Gasteiger partial charge in [-0.3, -0.25) is 14.4 Å². The minimum Gasteiger partial charge on any atom is -0.357 e. The van der Waals surface area contributed by atoms with E-state index in [9.17, 15) is 18.8 Å². The first-order valence-electron chi connectivity index (χ1n) is 7.26. The van der Waals surface area contributed by atoms with Gasteiger partial charge in [0.25, 0.3) is 0 Å². The Balaban J connectivity index is 2.10. The summed E-state index contributed by atoms with van der Waals surface area (Å²) in [5, 5.41) is 6.91. The normalized spacial score (nSPS) is 11.3. The predicted molar refractivity (Wildman–Crippen MR) is 91.4 cm³/mol. The van der Waals surface area contributed by atoms with E-state index in [1.165, 1.54) is 19.2 Å². The zero-order valence-electron chi connectivity index (χ0n) is 13.2. The number of hydrogen-bond acceptors (Lipinski definition) is 3. The molecule has 0 fully saturated rings. The lowest BCUT2D eigenvalue weighted by molar-refractivity contribution is -0.138. The van der Waals surface area contributed by atoms with E-state index < -0.39 is 29.6 Å². The topological polar surface area (TPSA) is 87.3 Å². The first kappa shape index (κ1) is 18.4. The van der Waals surface area contributed by atoms with Crippen molar-refractivity contribution in [3.8, 4) is 0 Å². The highest BCUT2D eigenvalue weighted by Crippen LogP contribution is 2.18. The largest absolute Gasteiger partial charge is 0.357 e. The molecule has 0 saturated heterocycles. The standard InChI is InChI=1S/C17H15ClFN3O3/c1-20-15(23)14(10-5-3-2-4-6-10)22-17(25)16(24)21-11-7-8-12(18)13(19)9-11/h2-9,14H,1H3,(H,20,23)(H,21,24)(H,22,25). The number of rotatable bonds is 4. The number of hydrogen-bond donors (Lipinski definition) is 3. The molecule has 2 rings (SSSR count). The Morgan fingerprint density at radius 3 is 2.32 bits per heavy atom. The van der Waals surface area contributed by atoms with Crippen LogP contribution in [0.4, 0.5) is 10.1 Å². The van der Waals surface area contributed by atoms with Crippen molar-refractivity contribution in [3.63, 3.8) is 0 Å². The van der Waals surface area contributed by atoms with E-state index in [2.05, 4.69) is 16.0 Å². The molecular formula is C17H15ClFN3O3. The number of carbonyl (C=O) groups is 3. The molecule has 0 bridgehead atoms. The van der Waals surface area contributed by atoms with Crippen LogP contribution in [0.5, 0.6) is 0 Å². The first-order valence-corrected chi connectivity index (χ1v) is 7.63. The van der Waals surface area contributed by atoms with Gasteiger partial charge < -0.3 is 16.0 Å². The molecule has 1 atom stereocenters.